The van der Waals surface area contributed by atoms with E-state index < -0.39 is 104 Å². The molecular weight excluding hydrogens is 1210 g/mol. The summed E-state index contributed by atoms with van der Waals surface area (Å²) in [6, 6.07) is 52.2. The number of ether oxygens (including phenoxy) is 4. The van der Waals surface area contributed by atoms with Gasteiger partial charge in [-0.25, -0.2) is 8.78 Å². The van der Waals surface area contributed by atoms with Crippen LogP contribution >= 0.6 is 0 Å². The lowest BCUT2D eigenvalue weighted by molar-refractivity contribution is -0.154. The second-order valence-electron chi connectivity index (χ2n) is 20.4. The number of methoxy groups -OCH3 is 2. The van der Waals surface area contributed by atoms with E-state index in [9.17, 15) is 59.1 Å². The van der Waals surface area contributed by atoms with E-state index >= 15 is 0 Å². The molecule has 2 aliphatic heterocycles. The molecule has 0 aliphatic carbocycles. The monoisotopic (exact) mass is 1250 g/mol. The molecule has 8 aromatic carbocycles. The Hall–Kier alpha value is -11.2. The van der Waals surface area contributed by atoms with Crippen LogP contribution in [0.15, 0.2) is 207 Å². The van der Waals surface area contributed by atoms with Crippen LogP contribution in [0.3, 0.4) is 0 Å². The molecule has 17 nitrogen and oxygen atoms in total. The number of carbonyl (C=O) groups excluding carboxylic acids is 6. The summed E-state index contributed by atoms with van der Waals surface area (Å²) in [6.07, 6.45) is 1.10. The van der Waals surface area contributed by atoms with Gasteiger partial charge in [0, 0.05) is 28.7 Å². The number of hydrogen-bond acceptors (Lipinski definition) is 15. The van der Waals surface area contributed by atoms with Crippen molar-refractivity contribution in [3.05, 3.63) is 279 Å². The fraction of sp³-hybridized carbons (Fsp3) is 0.118. The number of alkyl halides is 3. The molecule has 91 heavy (non-hydrogen) atoms. The van der Waals surface area contributed by atoms with E-state index in [0.29, 0.717) is 27.2 Å². The van der Waals surface area contributed by atoms with Crippen LogP contribution in [0.25, 0.3) is 21.8 Å². The van der Waals surface area contributed by atoms with Gasteiger partial charge in [-0.2, -0.15) is 21.6 Å². The Morgan fingerprint density at radius 1 is 0.462 bits per heavy atom. The van der Waals surface area contributed by atoms with Crippen LogP contribution in [-0.4, -0.2) is 83.5 Å². The predicted molar refractivity (Wildman–Crippen MR) is 318 cm³/mol. The molecule has 0 atom stereocenters. The molecule has 4 amide bonds. The molecule has 0 N–H and O–H groups in total. The lowest BCUT2D eigenvalue weighted by Gasteiger charge is -2.24. The van der Waals surface area contributed by atoms with Crippen molar-refractivity contribution in [2.45, 2.75) is 36.7 Å². The van der Waals surface area contributed by atoms with Crippen molar-refractivity contribution in [1.82, 2.24) is 19.8 Å². The molecule has 0 saturated carbocycles. The Kier molecular flexibility index (Phi) is 17.2. The minimum Gasteiger partial charge on any atom is -0.478 e. The quantitative estimate of drug-likeness (QED) is 0.0207. The van der Waals surface area contributed by atoms with E-state index in [2.05, 4.69) is 14.2 Å². The molecular formula is C68H47F5N4O13S. The Bertz CT molecular complexity index is 4500. The van der Waals surface area contributed by atoms with Gasteiger partial charge in [0.2, 0.25) is 0 Å². The third kappa shape index (κ3) is 12.0. The van der Waals surface area contributed by atoms with Crippen LogP contribution in [-0.2, 0) is 42.3 Å². The van der Waals surface area contributed by atoms with E-state index in [0.717, 1.165) is 42.4 Å². The second-order valence-corrected chi connectivity index (χ2v) is 22.0. The fourth-order valence-corrected chi connectivity index (χ4v) is 11.2. The second kappa shape index (κ2) is 25.5. The zero-order valence-electron chi connectivity index (χ0n) is 47.7. The number of halogens is 5. The lowest BCUT2D eigenvalue weighted by Crippen LogP contribution is -2.30. The number of imide groups is 2. The third-order valence-corrected chi connectivity index (χ3v) is 15.8. The number of benzene rings is 8. The molecule has 0 fully saturated rings. The van der Waals surface area contributed by atoms with Gasteiger partial charge in [-0.3, -0.25) is 48.5 Å². The van der Waals surface area contributed by atoms with Gasteiger partial charge >= 0.3 is 27.6 Å². The number of amides is 4. The Morgan fingerprint density at radius 2 is 0.802 bits per heavy atom. The minimum atomic E-state index is -6.30. The van der Waals surface area contributed by atoms with Crippen LogP contribution in [0.4, 0.5) is 22.0 Å². The summed E-state index contributed by atoms with van der Waals surface area (Å²) in [7, 11) is -4.09. The number of aromatic nitrogens is 2. The van der Waals surface area contributed by atoms with Crippen LogP contribution in [0.2, 0.25) is 0 Å². The van der Waals surface area contributed by atoms with Crippen molar-refractivity contribution in [3.63, 3.8) is 0 Å². The number of pyridine rings is 2. The first-order valence-corrected chi connectivity index (χ1v) is 29.0. The van der Waals surface area contributed by atoms with Crippen LogP contribution < -0.4 is 13.7 Å². The van der Waals surface area contributed by atoms with Gasteiger partial charge < -0.3 is 23.1 Å². The van der Waals surface area contributed by atoms with Crippen molar-refractivity contribution >= 4 is 67.5 Å². The lowest BCUT2D eigenvalue weighted by atomic mass is 9.87. The number of carbonyl (C=O) groups is 6. The summed E-state index contributed by atoms with van der Waals surface area (Å²) in [5.41, 5.74) is -4.08. The molecule has 0 spiro atoms. The average Bonchev–Trinajstić information content (AvgIpc) is 1.63. The Balaban J connectivity index is 0.000000187. The van der Waals surface area contributed by atoms with Crippen molar-refractivity contribution in [2.75, 3.05) is 14.2 Å². The van der Waals surface area contributed by atoms with Crippen molar-refractivity contribution in [3.8, 4) is 17.2 Å². The molecule has 10 aromatic rings. The van der Waals surface area contributed by atoms with Gasteiger partial charge in [0.1, 0.15) is 46.0 Å². The first-order chi connectivity index (χ1) is 43.8. The number of rotatable bonds is 17. The van der Waals surface area contributed by atoms with E-state index in [-0.39, 0.29) is 56.5 Å². The molecule has 4 heterocycles. The molecule has 0 bridgehead atoms. The zero-order valence-corrected chi connectivity index (χ0v) is 48.5. The standard InChI is InChI=1S/C36H27FN2O7.C32H20F4N2O6S/c1-44-35(42)29(36(43)45-2)26-25-14-9-19-38-30(25)32(46-31(22-10-5-3-6-11-22)23-12-7-4-8-13-23)28-27(26)33(40)39(34(28)41)20-21-15-17-24(37)18-16-21;33-22-15-13-19(14-16-22)18-38-30(39)24-25(31(38)40)29(43-27(20-8-3-1-4-9-20)21-10-5-2-6-11-21)26-23(12-7-17-37-26)28(24)44-45(41,42)32(34,35)36/h3-19,29,31H,20H2,1-2H3;1-17,27H,18H2. The van der Waals surface area contributed by atoms with Crippen molar-refractivity contribution < 1.29 is 82.3 Å². The molecule has 458 valence electrons. The van der Waals surface area contributed by atoms with E-state index in [1.165, 1.54) is 60.9 Å². The van der Waals surface area contributed by atoms with E-state index in [4.69, 9.17) is 18.9 Å². The SMILES string of the molecule is COC(=O)C(C(=O)OC)c1c2c(c(OC(c3ccccc3)c3ccccc3)c3ncccc13)C(=O)N(Cc1ccc(F)cc1)C2=O.O=C1c2c(c(OC(c3ccccc3)c3ccccc3)c3ncccc3c2OS(=O)(=O)C(F)(F)F)C(=O)N1Cc1ccc(F)cc1. The molecule has 0 unspecified atom stereocenters. The fourth-order valence-electron chi connectivity index (χ4n) is 10.7. The summed E-state index contributed by atoms with van der Waals surface area (Å²) in [5.74, 6) is -9.69. The molecule has 12 rings (SSSR count). The summed E-state index contributed by atoms with van der Waals surface area (Å²) >= 11 is 0. The zero-order chi connectivity index (χ0) is 64.3. The minimum absolute atomic E-state index is 0.000457. The Morgan fingerprint density at radius 3 is 1.18 bits per heavy atom. The first kappa shape index (κ1) is 61.4. The van der Waals surface area contributed by atoms with Gasteiger partial charge in [-0.05, 0) is 75.8 Å². The largest absolute Gasteiger partial charge is 0.534 e. The smallest absolute Gasteiger partial charge is 0.478 e. The first-order valence-electron chi connectivity index (χ1n) is 27.6. The summed E-state index contributed by atoms with van der Waals surface area (Å²) in [5, 5.41) is -0.0922. The molecule has 2 aromatic heterocycles. The van der Waals surface area contributed by atoms with Gasteiger partial charge in [0.15, 0.2) is 23.2 Å². The maximum absolute atomic E-state index is 14.3. The highest BCUT2D eigenvalue weighted by Crippen LogP contribution is 2.49. The number of esters is 2. The predicted octanol–water partition coefficient (Wildman–Crippen LogP) is 12.3. The van der Waals surface area contributed by atoms with Crippen LogP contribution in [0.1, 0.15) is 98.5 Å². The van der Waals surface area contributed by atoms with Gasteiger partial charge in [0.25, 0.3) is 23.6 Å². The number of hydrogen-bond donors (Lipinski definition) is 0. The summed E-state index contributed by atoms with van der Waals surface area (Å²) in [6.45, 7) is -0.626. The third-order valence-electron chi connectivity index (χ3n) is 14.9. The normalized spacial score (nSPS) is 12.9. The molecule has 0 saturated heterocycles. The van der Waals surface area contributed by atoms with Crippen LogP contribution in [0, 0.1) is 11.6 Å². The highest BCUT2D eigenvalue weighted by molar-refractivity contribution is 7.88. The molecule has 2 aliphatic rings. The van der Waals surface area contributed by atoms with Gasteiger partial charge in [-0.1, -0.05) is 152 Å². The maximum atomic E-state index is 14.3. The van der Waals surface area contributed by atoms with E-state index in [1.54, 1.807) is 72.8 Å². The average molecular weight is 1260 g/mol. The van der Waals surface area contributed by atoms with Gasteiger partial charge in [-0.15, -0.1) is 0 Å². The Labute approximate surface area is 514 Å². The highest BCUT2D eigenvalue weighted by Gasteiger charge is 2.52. The maximum Gasteiger partial charge on any atom is 0.534 e. The topological polar surface area (TPSA) is 215 Å². The number of fused-ring (bicyclic) bond motifs is 4. The summed E-state index contributed by atoms with van der Waals surface area (Å²) < 4.78 is 120. The van der Waals surface area contributed by atoms with Crippen LogP contribution in [0.5, 0.6) is 17.2 Å². The number of nitrogens with zero attached hydrogens (tertiary/aromatic N) is 4. The van der Waals surface area contributed by atoms with Crippen molar-refractivity contribution in [1.29, 1.82) is 0 Å². The summed E-state index contributed by atoms with van der Waals surface area (Å²) in [4.78, 5) is 93.3. The van der Waals surface area contributed by atoms with Crippen molar-refractivity contribution in [2.24, 2.45) is 0 Å². The molecule has 0 radical (unpaired) electrons. The van der Waals surface area contributed by atoms with E-state index in [1.807, 2.05) is 60.7 Å². The highest BCUT2D eigenvalue weighted by atomic mass is 32.2. The van der Waals surface area contributed by atoms with Gasteiger partial charge in [0.05, 0.1) is 38.4 Å². The molecule has 23 heteroatoms.